The lowest BCUT2D eigenvalue weighted by molar-refractivity contribution is 0.180. The molecule has 0 unspecified atom stereocenters. The summed E-state index contributed by atoms with van der Waals surface area (Å²) in [6, 6.07) is 18.0. The smallest absolute Gasteiger partial charge is 0.193 e. The fraction of sp³-hybridized carbons (Fsp3) is 0.350. The van der Waals surface area contributed by atoms with E-state index in [0.717, 1.165) is 49.7 Å². The van der Waals surface area contributed by atoms with Gasteiger partial charge in [0.15, 0.2) is 5.96 Å². The summed E-state index contributed by atoms with van der Waals surface area (Å²) in [6.45, 7) is 3.87. The Kier molecular flexibility index (Phi) is 6.31. The van der Waals surface area contributed by atoms with Gasteiger partial charge < -0.3 is 11.1 Å². The van der Waals surface area contributed by atoms with Gasteiger partial charge in [-0.2, -0.15) is 0 Å². The van der Waals surface area contributed by atoms with E-state index >= 15 is 0 Å². The highest BCUT2D eigenvalue weighted by molar-refractivity contribution is 6.31. The lowest BCUT2D eigenvalue weighted by Gasteiger charge is -2.31. The van der Waals surface area contributed by atoms with Crippen molar-refractivity contribution in [3.05, 3.63) is 65.2 Å². The van der Waals surface area contributed by atoms with Gasteiger partial charge in [0.2, 0.25) is 0 Å². The summed E-state index contributed by atoms with van der Waals surface area (Å²) in [7, 11) is 0. The maximum atomic E-state index is 6.26. The third-order valence-electron chi connectivity index (χ3n) is 4.62. The number of nitrogens with one attached hydrogen (secondary N) is 1. The fourth-order valence-corrected chi connectivity index (χ4v) is 3.33. The van der Waals surface area contributed by atoms with Crippen molar-refractivity contribution in [3.63, 3.8) is 0 Å². The Morgan fingerprint density at radius 2 is 1.76 bits per heavy atom. The van der Waals surface area contributed by atoms with Crippen LogP contribution in [0.15, 0.2) is 59.6 Å². The van der Waals surface area contributed by atoms with Crippen LogP contribution in [0, 0.1) is 5.92 Å². The van der Waals surface area contributed by atoms with E-state index in [0.29, 0.717) is 11.9 Å². The average Bonchev–Trinajstić information content (AvgIpc) is 2.64. The molecular formula is C20H25ClN4. The van der Waals surface area contributed by atoms with Crippen LogP contribution in [0.1, 0.15) is 18.4 Å². The van der Waals surface area contributed by atoms with Gasteiger partial charge in [-0.25, -0.2) is 0 Å². The lowest BCUT2D eigenvalue weighted by atomic mass is 9.96. The van der Waals surface area contributed by atoms with Crippen molar-refractivity contribution in [2.45, 2.75) is 19.4 Å². The molecule has 3 rings (SSSR count). The molecule has 0 spiro atoms. The number of hydrogen-bond donors (Lipinski definition) is 2. The first-order valence-electron chi connectivity index (χ1n) is 8.78. The molecule has 0 amide bonds. The Labute approximate surface area is 154 Å². The second-order valence-electron chi connectivity index (χ2n) is 6.53. The molecule has 3 N–H and O–H groups in total. The van der Waals surface area contributed by atoms with Crippen molar-refractivity contribution in [1.82, 2.24) is 4.90 Å². The summed E-state index contributed by atoms with van der Waals surface area (Å²) in [5, 5.41) is 3.99. The maximum absolute atomic E-state index is 6.26. The van der Waals surface area contributed by atoms with Gasteiger partial charge in [0.1, 0.15) is 0 Å². The highest BCUT2D eigenvalue weighted by Crippen LogP contribution is 2.22. The molecule has 0 aliphatic carbocycles. The summed E-state index contributed by atoms with van der Waals surface area (Å²) in [5.41, 5.74) is 8.16. The van der Waals surface area contributed by atoms with Crippen molar-refractivity contribution in [3.8, 4) is 0 Å². The van der Waals surface area contributed by atoms with Crippen molar-refractivity contribution in [1.29, 1.82) is 0 Å². The molecule has 0 radical (unpaired) electrons. The van der Waals surface area contributed by atoms with Crippen LogP contribution in [0.2, 0.25) is 5.02 Å². The van der Waals surface area contributed by atoms with E-state index in [1.54, 1.807) is 0 Å². The number of likely N-dealkylation sites (tertiary alicyclic amines) is 1. The van der Waals surface area contributed by atoms with Crippen molar-refractivity contribution in [2.24, 2.45) is 16.6 Å². The monoisotopic (exact) mass is 356 g/mol. The Hall–Kier alpha value is -2.04. The molecule has 1 aliphatic heterocycles. The fourth-order valence-electron chi connectivity index (χ4n) is 3.13. The molecule has 25 heavy (non-hydrogen) atoms. The minimum Gasteiger partial charge on any atom is -0.370 e. The number of nitrogens with zero attached hydrogens (tertiary/aromatic N) is 2. The lowest BCUT2D eigenvalue weighted by Crippen LogP contribution is -2.34. The van der Waals surface area contributed by atoms with Crippen LogP contribution in [0.25, 0.3) is 0 Å². The van der Waals surface area contributed by atoms with Gasteiger partial charge in [-0.15, -0.1) is 0 Å². The van der Waals surface area contributed by atoms with Gasteiger partial charge in [-0.05, 0) is 55.6 Å². The highest BCUT2D eigenvalue weighted by Gasteiger charge is 2.19. The third kappa shape index (κ3) is 5.48. The SMILES string of the molecule is NC(=NCC1CCN(Cc2ccccc2Cl)CC1)Nc1ccccc1. The number of benzene rings is 2. The predicted octanol–water partition coefficient (Wildman–Crippen LogP) is 3.98. The average molecular weight is 357 g/mol. The van der Waals surface area contributed by atoms with Crippen molar-refractivity contribution < 1.29 is 0 Å². The Morgan fingerprint density at radius 3 is 2.48 bits per heavy atom. The van der Waals surface area contributed by atoms with Crippen LogP contribution in [-0.2, 0) is 6.54 Å². The molecule has 5 heteroatoms. The van der Waals surface area contributed by atoms with E-state index in [1.807, 2.05) is 48.5 Å². The summed E-state index contributed by atoms with van der Waals surface area (Å²) in [5.74, 6) is 1.09. The third-order valence-corrected chi connectivity index (χ3v) is 4.99. The molecule has 1 heterocycles. The second kappa shape index (κ2) is 8.88. The van der Waals surface area contributed by atoms with Crippen molar-refractivity contribution >= 4 is 23.2 Å². The van der Waals surface area contributed by atoms with E-state index in [4.69, 9.17) is 17.3 Å². The molecule has 0 bridgehead atoms. The quantitative estimate of drug-likeness (QED) is 0.629. The second-order valence-corrected chi connectivity index (χ2v) is 6.94. The zero-order chi connectivity index (χ0) is 17.5. The molecule has 0 atom stereocenters. The highest BCUT2D eigenvalue weighted by atomic mass is 35.5. The number of hydrogen-bond acceptors (Lipinski definition) is 2. The molecule has 1 saturated heterocycles. The molecule has 1 fully saturated rings. The van der Waals surface area contributed by atoms with E-state index in [1.165, 1.54) is 5.56 Å². The number of anilines is 1. The molecule has 2 aromatic carbocycles. The van der Waals surface area contributed by atoms with Gasteiger partial charge in [0.05, 0.1) is 0 Å². The Morgan fingerprint density at radius 1 is 1.08 bits per heavy atom. The first-order valence-corrected chi connectivity index (χ1v) is 9.16. The molecular weight excluding hydrogens is 332 g/mol. The van der Waals surface area contributed by atoms with Gasteiger partial charge in [-0.1, -0.05) is 48.0 Å². The van der Waals surface area contributed by atoms with Crippen LogP contribution in [0.3, 0.4) is 0 Å². The number of halogens is 1. The molecule has 132 valence electrons. The van der Waals surface area contributed by atoms with Crippen LogP contribution in [-0.4, -0.2) is 30.5 Å². The summed E-state index contributed by atoms with van der Waals surface area (Å²) < 4.78 is 0. The minimum absolute atomic E-state index is 0.490. The molecule has 0 aromatic heterocycles. The van der Waals surface area contributed by atoms with Gasteiger partial charge in [0, 0.05) is 23.8 Å². The first kappa shape index (κ1) is 17.8. The summed E-state index contributed by atoms with van der Waals surface area (Å²) in [6.07, 6.45) is 2.29. The largest absolute Gasteiger partial charge is 0.370 e. The number of aliphatic imine (C=N–C) groups is 1. The van der Waals surface area contributed by atoms with Gasteiger partial charge >= 0.3 is 0 Å². The van der Waals surface area contributed by atoms with Gasteiger partial charge in [0.25, 0.3) is 0 Å². The topological polar surface area (TPSA) is 53.6 Å². The Balaban J connectivity index is 1.43. The molecule has 4 nitrogen and oxygen atoms in total. The summed E-state index contributed by atoms with van der Waals surface area (Å²) >= 11 is 6.26. The maximum Gasteiger partial charge on any atom is 0.193 e. The van der Waals surface area contributed by atoms with Crippen molar-refractivity contribution in [2.75, 3.05) is 25.0 Å². The van der Waals surface area contributed by atoms with Crippen LogP contribution in [0.4, 0.5) is 5.69 Å². The van der Waals surface area contributed by atoms with E-state index in [-0.39, 0.29) is 0 Å². The van der Waals surface area contributed by atoms with Gasteiger partial charge in [-0.3, -0.25) is 9.89 Å². The predicted molar refractivity (Wildman–Crippen MR) is 106 cm³/mol. The number of piperidine rings is 1. The molecule has 2 aromatic rings. The zero-order valence-electron chi connectivity index (χ0n) is 14.4. The summed E-state index contributed by atoms with van der Waals surface area (Å²) in [4.78, 5) is 6.98. The molecule has 0 saturated carbocycles. The van der Waals surface area contributed by atoms with E-state index < -0.39 is 0 Å². The number of para-hydroxylation sites is 1. The first-order chi connectivity index (χ1) is 12.2. The molecule has 1 aliphatic rings. The van der Waals surface area contributed by atoms with E-state index in [2.05, 4.69) is 21.3 Å². The normalized spacial score (nSPS) is 16.8. The number of rotatable bonds is 5. The minimum atomic E-state index is 0.490. The zero-order valence-corrected chi connectivity index (χ0v) is 15.1. The number of nitrogens with two attached hydrogens (primary N) is 1. The van der Waals surface area contributed by atoms with E-state index in [9.17, 15) is 0 Å². The standard InChI is InChI=1S/C20H25ClN4/c21-19-9-5-4-6-17(19)15-25-12-10-16(11-13-25)14-23-20(22)24-18-7-2-1-3-8-18/h1-9,16H,10-15H2,(H3,22,23,24). The van der Waals surface area contributed by atoms with Crippen LogP contribution >= 0.6 is 11.6 Å². The Bertz CT molecular complexity index is 694. The van der Waals surface area contributed by atoms with Crippen LogP contribution < -0.4 is 11.1 Å². The van der Waals surface area contributed by atoms with Crippen LogP contribution in [0.5, 0.6) is 0 Å². The number of guanidine groups is 1.